The average molecular weight is 438 g/mol. The van der Waals surface area contributed by atoms with E-state index in [2.05, 4.69) is 31.4 Å². The number of nitrogens with zero attached hydrogens (tertiary/aromatic N) is 1. The summed E-state index contributed by atoms with van der Waals surface area (Å²) in [6.45, 7) is 8.00. The van der Waals surface area contributed by atoms with E-state index in [-0.39, 0.29) is 22.3 Å². The number of carbonyl (C=O) groups excluding carboxylic acids is 2. The molecule has 1 saturated heterocycles. The van der Waals surface area contributed by atoms with Crippen molar-refractivity contribution in [2.45, 2.75) is 51.9 Å². The van der Waals surface area contributed by atoms with Crippen molar-refractivity contribution >= 4 is 34.8 Å². The summed E-state index contributed by atoms with van der Waals surface area (Å²) >= 11 is 5.31. The molecule has 2 aromatic carbocycles. The molecule has 6 heteroatoms. The van der Waals surface area contributed by atoms with E-state index < -0.39 is 0 Å². The Morgan fingerprint density at radius 1 is 0.903 bits per heavy atom. The van der Waals surface area contributed by atoms with Crippen molar-refractivity contribution in [3.8, 4) is 0 Å². The molecule has 164 valence electrons. The lowest BCUT2D eigenvalue weighted by molar-refractivity contribution is 0.0761. The molecular weight excluding hydrogens is 406 g/mol. The molecule has 0 unspecified atom stereocenters. The van der Waals surface area contributed by atoms with E-state index in [0.717, 1.165) is 31.5 Å². The van der Waals surface area contributed by atoms with E-state index in [0.29, 0.717) is 16.8 Å². The van der Waals surface area contributed by atoms with Gasteiger partial charge in [0.05, 0.1) is 0 Å². The zero-order valence-electron chi connectivity index (χ0n) is 18.5. The minimum absolute atomic E-state index is 0.0294. The summed E-state index contributed by atoms with van der Waals surface area (Å²) in [6, 6.07) is 14.8. The molecule has 1 fully saturated rings. The SMILES string of the molecule is CC(C)(C)c1ccc(C(=O)NC(=S)Nc2cccc(C(=O)N3CCCCCC3)c2)cc1. The standard InChI is InChI=1S/C25H31N3O2S/c1-25(2,3)20-13-11-18(12-14-20)22(29)27-24(31)26-21-10-8-9-19(17-21)23(30)28-15-6-4-5-7-16-28/h8-14,17H,4-7,15-16H2,1-3H3,(H2,26,27,29,31). The maximum atomic E-state index is 12.8. The highest BCUT2D eigenvalue weighted by Crippen LogP contribution is 2.22. The summed E-state index contributed by atoms with van der Waals surface area (Å²) in [4.78, 5) is 27.3. The molecule has 1 heterocycles. The summed E-state index contributed by atoms with van der Waals surface area (Å²) in [5, 5.41) is 5.93. The van der Waals surface area contributed by atoms with E-state index in [1.165, 1.54) is 12.8 Å². The molecule has 0 aromatic heterocycles. The molecule has 0 aliphatic carbocycles. The van der Waals surface area contributed by atoms with Crippen molar-refractivity contribution in [2.24, 2.45) is 0 Å². The van der Waals surface area contributed by atoms with Gasteiger partial charge in [0.1, 0.15) is 0 Å². The maximum absolute atomic E-state index is 12.8. The topological polar surface area (TPSA) is 61.4 Å². The Morgan fingerprint density at radius 2 is 1.55 bits per heavy atom. The van der Waals surface area contributed by atoms with Crippen LogP contribution < -0.4 is 10.6 Å². The Kier molecular flexibility index (Phi) is 7.44. The van der Waals surface area contributed by atoms with Gasteiger partial charge in [0.2, 0.25) is 0 Å². The van der Waals surface area contributed by atoms with Crippen LogP contribution in [0.1, 0.15) is 72.7 Å². The van der Waals surface area contributed by atoms with Crippen LogP contribution in [0.5, 0.6) is 0 Å². The first kappa shape index (κ1) is 22.9. The lowest BCUT2D eigenvalue weighted by atomic mass is 9.87. The molecule has 0 spiro atoms. The number of carbonyl (C=O) groups is 2. The number of nitrogens with one attached hydrogen (secondary N) is 2. The van der Waals surface area contributed by atoms with Gasteiger partial charge in [-0.3, -0.25) is 14.9 Å². The fraction of sp³-hybridized carbons (Fsp3) is 0.400. The highest BCUT2D eigenvalue weighted by molar-refractivity contribution is 7.80. The number of hydrogen-bond donors (Lipinski definition) is 2. The van der Waals surface area contributed by atoms with Crippen LogP contribution in [-0.4, -0.2) is 34.9 Å². The zero-order valence-corrected chi connectivity index (χ0v) is 19.3. The van der Waals surface area contributed by atoms with Gasteiger partial charge in [-0.1, -0.05) is 51.8 Å². The van der Waals surface area contributed by atoms with Gasteiger partial charge < -0.3 is 10.2 Å². The Hall–Kier alpha value is -2.73. The van der Waals surface area contributed by atoms with Crippen LogP contribution in [0.2, 0.25) is 0 Å². The van der Waals surface area contributed by atoms with E-state index >= 15 is 0 Å². The lowest BCUT2D eigenvalue weighted by Crippen LogP contribution is -2.34. The molecule has 3 rings (SSSR count). The first-order chi connectivity index (χ1) is 14.7. The molecule has 0 bridgehead atoms. The molecule has 2 N–H and O–H groups in total. The summed E-state index contributed by atoms with van der Waals surface area (Å²) in [6.07, 6.45) is 4.46. The Bertz CT molecular complexity index is 940. The summed E-state index contributed by atoms with van der Waals surface area (Å²) in [5.41, 5.74) is 3.03. The minimum Gasteiger partial charge on any atom is -0.339 e. The molecule has 1 aliphatic rings. The van der Waals surface area contributed by atoms with Gasteiger partial charge in [-0.2, -0.15) is 0 Å². The first-order valence-electron chi connectivity index (χ1n) is 10.9. The van der Waals surface area contributed by atoms with Crippen LogP contribution in [0.3, 0.4) is 0 Å². The number of rotatable bonds is 3. The average Bonchev–Trinajstić information content (AvgIpc) is 3.02. The molecule has 5 nitrogen and oxygen atoms in total. The third kappa shape index (κ3) is 6.37. The Morgan fingerprint density at radius 3 is 2.16 bits per heavy atom. The summed E-state index contributed by atoms with van der Waals surface area (Å²) in [5.74, 6) is -0.228. The maximum Gasteiger partial charge on any atom is 0.257 e. The molecule has 0 saturated carbocycles. The molecule has 2 aromatic rings. The van der Waals surface area contributed by atoms with Gasteiger partial charge in [-0.05, 0) is 66.4 Å². The predicted molar refractivity (Wildman–Crippen MR) is 130 cm³/mol. The summed E-state index contributed by atoms with van der Waals surface area (Å²) in [7, 11) is 0. The highest BCUT2D eigenvalue weighted by Gasteiger charge is 2.18. The molecular formula is C25H31N3O2S. The third-order valence-corrected chi connectivity index (χ3v) is 5.70. The quantitative estimate of drug-likeness (QED) is 0.654. The first-order valence-corrected chi connectivity index (χ1v) is 11.3. The van der Waals surface area contributed by atoms with Crippen LogP contribution in [0.15, 0.2) is 48.5 Å². The van der Waals surface area contributed by atoms with Crippen molar-refractivity contribution < 1.29 is 9.59 Å². The van der Waals surface area contributed by atoms with Crippen molar-refractivity contribution in [3.63, 3.8) is 0 Å². The van der Waals surface area contributed by atoms with Crippen molar-refractivity contribution in [1.29, 1.82) is 0 Å². The second-order valence-corrected chi connectivity index (χ2v) is 9.43. The van der Waals surface area contributed by atoms with E-state index in [9.17, 15) is 9.59 Å². The number of benzene rings is 2. The van der Waals surface area contributed by atoms with Crippen LogP contribution >= 0.6 is 12.2 Å². The zero-order chi connectivity index (χ0) is 22.4. The van der Waals surface area contributed by atoms with Gasteiger partial charge in [0.25, 0.3) is 11.8 Å². The van der Waals surface area contributed by atoms with Gasteiger partial charge in [0, 0.05) is 29.9 Å². The van der Waals surface area contributed by atoms with Crippen molar-refractivity contribution in [1.82, 2.24) is 10.2 Å². The van der Waals surface area contributed by atoms with Crippen LogP contribution in [0.4, 0.5) is 5.69 Å². The second kappa shape index (κ2) is 10.1. The largest absolute Gasteiger partial charge is 0.339 e. The third-order valence-electron chi connectivity index (χ3n) is 5.50. The van der Waals surface area contributed by atoms with Gasteiger partial charge in [-0.15, -0.1) is 0 Å². The Balaban J connectivity index is 1.60. The molecule has 2 amide bonds. The Labute approximate surface area is 190 Å². The fourth-order valence-electron chi connectivity index (χ4n) is 3.65. The highest BCUT2D eigenvalue weighted by atomic mass is 32.1. The monoisotopic (exact) mass is 437 g/mol. The smallest absolute Gasteiger partial charge is 0.257 e. The van der Waals surface area contributed by atoms with Crippen LogP contribution in [-0.2, 0) is 5.41 Å². The van der Waals surface area contributed by atoms with Gasteiger partial charge in [-0.25, -0.2) is 0 Å². The van der Waals surface area contributed by atoms with Crippen molar-refractivity contribution in [3.05, 3.63) is 65.2 Å². The van der Waals surface area contributed by atoms with E-state index in [1.54, 1.807) is 18.2 Å². The van der Waals surface area contributed by atoms with E-state index in [4.69, 9.17) is 12.2 Å². The lowest BCUT2D eigenvalue weighted by Gasteiger charge is -2.20. The van der Waals surface area contributed by atoms with Crippen LogP contribution in [0, 0.1) is 0 Å². The number of hydrogen-bond acceptors (Lipinski definition) is 3. The minimum atomic E-state index is -0.269. The van der Waals surface area contributed by atoms with Crippen LogP contribution in [0.25, 0.3) is 0 Å². The number of amides is 2. The summed E-state index contributed by atoms with van der Waals surface area (Å²) < 4.78 is 0. The number of likely N-dealkylation sites (tertiary alicyclic amines) is 1. The fourth-order valence-corrected chi connectivity index (χ4v) is 3.86. The van der Waals surface area contributed by atoms with Gasteiger partial charge >= 0.3 is 0 Å². The van der Waals surface area contributed by atoms with Crippen molar-refractivity contribution in [2.75, 3.05) is 18.4 Å². The number of thiocarbonyl (C=S) groups is 1. The predicted octanol–water partition coefficient (Wildman–Crippen LogP) is 5.13. The second-order valence-electron chi connectivity index (χ2n) is 9.02. The normalized spacial score (nSPS) is 14.5. The molecule has 0 atom stereocenters. The molecule has 31 heavy (non-hydrogen) atoms. The van der Waals surface area contributed by atoms with Gasteiger partial charge in [0.15, 0.2) is 5.11 Å². The molecule has 0 radical (unpaired) electrons. The molecule has 1 aliphatic heterocycles. The van der Waals surface area contributed by atoms with E-state index in [1.807, 2.05) is 35.2 Å². The number of anilines is 1.